The second kappa shape index (κ2) is 10.3. The average molecular weight is 454 g/mol. The summed E-state index contributed by atoms with van der Waals surface area (Å²) in [5.41, 5.74) is 4.03. The van der Waals surface area contributed by atoms with Gasteiger partial charge in [-0.15, -0.1) is 11.3 Å². The minimum absolute atomic E-state index is 0.248. The molecule has 3 aromatic rings. The normalized spacial score (nSPS) is 11.0. The molecule has 0 unspecified atom stereocenters. The number of carbonyl (C=O) groups excluding carboxylic acids is 2. The number of anilines is 1. The summed E-state index contributed by atoms with van der Waals surface area (Å²) in [6.45, 7) is 6.19. The lowest BCUT2D eigenvalue weighted by Crippen LogP contribution is -2.33. The number of carbonyl (C=O) groups is 2. The largest absolute Gasteiger partial charge is 0.487 e. The van der Waals surface area contributed by atoms with E-state index in [1.807, 2.05) is 44.4 Å². The summed E-state index contributed by atoms with van der Waals surface area (Å²) in [5, 5.41) is 4.82. The third-order valence-electron chi connectivity index (χ3n) is 4.28. The molecular formula is C24H27N3O4S. The van der Waals surface area contributed by atoms with Gasteiger partial charge in [-0.05, 0) is 56.7 Å². The molecule has 0 atom stereocenters. The third kappa shape index (κ3) is 7.09. The maximum atomic E-state index is 12.7. The van der Waals surface area contributed by atoms with Crippen LogP contribution in [-0.4, -0.2) is 34.5 Å². The van der Waals surface area contributed by atoms with Crippen molar-refractivity contribution in [2.45, 2.75) is 39.5 Å². The van der Waals surface area contributed by atoms with E-state index in [1.165, 1.54) is 16.2 Å². The van der Waals surface area contributed by atoms with Crippen molar-refractivity contribution in [3.8, 4) is 5.75 Å². The van der Waals surface area contributed by atoms with E-state index < -0.39 is 11.7 Å². The number of thiazole rings is 1. The Labute approximate surface area is 192 Å². The average Bonchev–Trinajstić information content (AvgIpc) is 3.25. The summed E-state index contributed by atoms with van der Waals surface area (Å²) in [7, 11) is 1.68. The summed E-state index contributed by atoms with van der Waals surface area (Å²) in [6.07, 6.45) is -0.401. The van der Waals surface area contributed by atoms with E-state index in [0.717, 1.165) is 11.3 Å². The lowest BCUT2D eigenvalue weighted by Gasteiger charge is -2.24. The predicted octanol–water partition coefficient (Wildman–Crippen LogP) is 5.34. The molecule has 1 heterocycles. The fraction of sp³-hybridized carbons (Fsp3) is 0.292. The molecule has 1 N–H and O–H groups in total. The molecule has 168 valence electrons. The predicted molar refractivity (Wildman–Crippen MR) is 125 cm³/mol. The van der Waals surface area contributed by atoms with E-state index in [0.29, 0.717) is 30.2 Å². The molecule has 0 spiro atoms. The van der Waals surface area contributed by atoms with Crippen LogP contribution in [0, 0.1) is 0 Å². The van der Waals surface area contributed by atoms with E-state index in [2.05, 4.69) is 10.3 Å². The van der Waals surface area contributed by atoms with Crippen LogP contribution < -0.4 is 10.1 Å². The SMILES string of the molecule is CN(Cc1cccc(NC(=O)c2cccc(OCc3cscn3)c2)c1)C(=O)OC(C)(C)C. The Morgan fingerprint density at radius 1 is 1.12 bits per heavy atom. The zero-order chi connectivity index (χ0) is 23.1. The highest BCUT2D eigenvalue weighted by atomic mass is 32.1. The maximum Gasteiger partial charge on any atom is 0.410 e. The Kier molecular flexibility index (Phi) is 7.48. The number of nitrogens with zero attached hydrogens (tertiary/aromatic N) is 2. The number of hydrogen-bond donors (Lipinski definition) is 1. The van der Waals surface area contributed by atoms with Crippen molar-refractivity contribution in [1.82, 2.24) is 9.88 Å². The van der Waals surface area contributed by atoms with E-state index in [-0.39, 0.29) is 5.91 Å². The van der Waals surface area contributed by atoms with Gasteiger partial charge in [0.2, 0.25) is 0 Å². The van der Waals surface area contributed by atoms with Crippen molar-refractivity contribution in [2.24, 2.45) is 0 Å². The van der Waals surface area contributed by atoms with Gasteiger partial charge in [0.15, 0.2) is 0 Å². The van der Waals surface area contributed by atoms with Gasteiger partial charge in [0, 0.05) is 30.2 Å². The zero-order valence-electron chi connectivity index (χ0n) is 18.6. The first-order valence-electron chi connectivity index (χ1n) is 10.1. The van der Waals surface area contributed by atoms with Crippen LogP contribution in [0.1, 0.15) is 42.4 Å². The van der Waals surface area contributed by atoms with Crippen molar-refractivity contribution in [1.29, 1.82) is 0 Å². The quantitative estimate of drug-likeness (QED) is 0.522. The number of nitrogens with one attached hydrogen (secondary N) is 1. The summed E-state index contributed by atoms with van der Waals surface area (Å²) in [4.78, 5) is 30.6. The summed E-state index contributed by atoms with van der Waals surface area (Å²) < 4.78 is 11.1. The molecule has 2 aromatic carbocycles. The molecule has 0 saturated heterocycles. The zero-order valence-corrected chi connectivity index (χ0v) is 19.4. The minimum atomic E-state index is -0.556. The molecule has 3 rings (SSSR count). The van der Waals surface area contributed by atoms with Gasteiger partial charge in [-0.2, -0.15) is 0 Å². The van der Waals surface area contributed by atoms with Crippen LogP contribution in [-0.2, 0) is 17.9 Å². The highest BCUT2D eigenvalue weighted by molar-refractivity contribution is 7.07. The Balaban J connectivity index is 1.60. The Morgan fingerprint density at radius 3 is 2.62 bits per heavy atom. The van der Waals surface area contributed by atoms with Crippen LogP contribution in [0.3, 0.4) is 0 Å². The summed E-state index contributed by atoms with van der Waals surface area (Å²) in [5.74, 6) is 0.347. The van der Waals surface area contributed by atoms with Gasteiger partial charge in [0.1, 0.15) is 18.0 Å². The standard InChI is InChI=1S/C24H27N3O4S/c1-24(2,3)31-23(29)27(4)13-17-7-5-9-19(11-17)26-22(28)18-8-6-10-21(12-18)30-14-20-15-32-16-25-20/h5-12,15-16H,13-14H2,1-4H3,(H,26,28). The Bertz CT molecular complexity index is 1060. The minimum Gasteiger partial charge on any atom is -0.487 e. The van der Waals surface area contributed by atoms with Gasteiger partial charge >= 0.3 is 6.09 Å². The molecule has 7 nitrogen and oxygen atoms in total. The van der Waals surface area contributed by atoms with Crippen LogP contribution in [0.2, 0.25) is 0 Å². The van der Waals surface area contributed by atoms with Gasteiger partial charge in [-0.25, -0.2) is 9.78 Å². The number of hydrogen-bond acceptors (Lipinski definition) is 6. The third-order valence-corrected chi connectivity index (χ3v) is 4.91. The van der Waals surface area contributed by atoms with Crippen LogP contribution in [0.4, 0.5) is 10.5 Å². The van der Waals surface area contributed by atoms with Crippen LogP contribution in [0.25, 0.3) is 0 Å². The number of benzene rings is 2. The van der Waals surface area contributed by atoms with Crippen LogP contribution >= 0.6 is 11.3 Å². The fourth-order valence-electron chi connectivity index (χ4n) is 2.82. The molecule has 0 aliphatic carbocycles. The lowest BCUT2D eigenvalue weighted by atomic mass is 10.1. The molecule has 1 aromatic heterocycles. The van der Waals surface area contributed by atoms with Crippen LogP contribution in [0.5, 0.6) is 5.75 Å². The van der Waals surface area contributed by atoms with E-state index in [4.69, 9.17) is 9.47 Å². The molecule has 0 bridgehead atoms. The van der Waals surface area contributed by atoms with E-state index in [9.17, 15) is 9.59 Å². The van der Waals surface area contributed by atoms with Gasteiger partial charge < -0.3 is 19.7 Å². The van der Waals surface area contributed by atoms with Gasteiger partial charge in [0.05, 0.1) is 11.2 Å². The first kappa shape index (κ1) is 23.3. The fourth-order valence-corrected chi connectivity index (χ4v) is 3.37. The summed E-state index contributed by atoms with van der Waals surface area (Å²) >= 11 is 1.51. The lowest BCUT2D eigenvalue weighted by molar-refractivity contribution is 0.0285. The second-order valence-electron chi connectivity index (χ2n) is 8.29. The molecule has 0 fully saturated rings. The number of ether oxygens (including phenoxy) is 2. The smallest absolute Gasteiger partial charge is 0.410 e. The van der Waals surface area contributed by atoms with E-state index in [1.54, 1.807) is 42.9 Å². The highest BCUT2D eigenvalue weighted by Crippen LogP contribution is 2.19. The molecule has 0 radical (unpaired) electrons. The Hall–Kier alpha value is -3.39. The van der Waals surface area contributed by atoms with E-state index >= 15 is 0 Å². The molecule has 32 heavy (non-hydrogen) atoms. The molecule has 0 aliphatic heterocycles. The second-order valence-corrected chi connectivity index (χ2v) is 9.01. The number of amides is 2. The number of rotatable bonds is 7. The van der Waals surface area contributed by atoms with Crippen molar-refractivity contribution >= 4 is 29.0 Å². The molecule has 0 saturated carbocycles. The van der Waals surface area contributed by atoms with Crippen molar-refractivity contribution < 1.29 is 19.1 Å². The van der Waals surface area contributed by atoms with Crippen molar-refractivity contribution in [3.63, 3.8) is 0 Å². The van der Waals surface area contributed by atoms with Gasteiger partial charge in [-0.3, -0.25) is 4.79 Å². The van der Waals surface area contributed by atoms with Crippen molar-refractivity contribution in [3.05, 3.63) is 76.2 Å². The maximum absolute atomic E-state index is 12.7. The monoisotopic (exact) mass is 453 g/mol. The van der Waals surface area contributed by atoms with Gasteiger partial charge in [-0.1, -0.05) is 18.2 Å². The molecule has 0 aliphatic rings. The molecule has 8 heteroatoms. The topological polar surface area (TPSA) is 80.8 Å². The molecular weight excluding hydrogens is 426 g/mol. The molecule has 2 amide bonds. The van der Waals surface area contributed by atoms with Crippen molar-refractivity contribution in [2.75, 3.05) is 12.4 Å². The van der Waals surface area contributed by atoms with Gasteiger partial charge in [0.25, 0.3) is 5.91 Å². The number of aromatic nitrogens is 1. The van der Waals surface area contributed by atoms with Crippen LogP contribution in [0.15, 0.2) is 59.4 Å². The first-order chi connectivity index (χ1) is 15.2. The highest BCUT2D eigenvalue weighted by Gasteiger charge is 2.19. The summed E-state index contributed by atoms with van der Waals surface area (Å²) in [6, 6.07) is 14.4. The first-order valence-corrected chi connectivity index (χ1v) is 11.1. The Morgan fingerprint density at radius 2 is 1.91 bits per heavy atom.